The highest BCUT2D eigenvalue weighted by Gasteiger charge is 2.26. The number of nitrogens with zero attached hydrogens (tertiary/aromatic N) is 3. The van der Waals surface area contributed by atoms with Crippen LogP contribution in [-0.2, 0) is 4.79 Å². The second-order valence-electron chi connectivity index (χ2n) is 3.62. The monoisotopic (exact) mass is 207 g/mol. The van der Waals surface area contributed by atoms with E-state index < -0.39 is 0 Å². The van der Waals surface area contributed by atoms with Gasteiger partial charge in [-0.3, -0.25) is 10.1 Å². The van der Waals surface area contributed by atoms with E-state index in [1.807, 2.05) is 6.92 Å². The Morgan fingerprint density at radius 3 is 2.87 bits per heavy atom. The lowest BCUT2D eigenvalue weighted by atomic mass is 10.1. The van der Waals surface area contributed by atoms with Crippen molar-refractivity contribution in [2.24, 2.45) is 0 Å². The van der Waals surface area contributed by atoms with Gasteiger partial charge in [-0.15, -0.1) is 5.10 Å². The Morgan fingerprint density at radius 1 is 1.47 bits per heavy atom. The summed E-state index contributed by atoms with van der Waals surface area (Å²) in [7, 11) is 0. The van der Waals surface area contributed by atoms with Gasteiger partial charge in [-0.25, -0.2) is 4.98 Å². The van der Waals surface area contributed by atoms with E-state index >= 15 is 0 Å². The first kappa shape index (κ1) is 9.97. The summed E-state index contributed by atoms with van der Waals surface area (Å²) in [6, 6.07) is -0.204. The molecule has 2 N–H and O–H groups in total. The Kier molecular flexibility index (Phi) is 2.59. The molecule has 1 unspecified atom stereocenters. The normalized spacial score (nSPS) is 26.1. The van der Waals surface area contributed by atoms with Crippen LogP contribution in [0.3, 0.4) is 0 Å². The highest BCUT2D eigenvalue weighted by atomic mass is 16.2. The van der Waals surface area contributed by atoms with Crippen LogP contribution in [0.2, 0.25) is 0 Å². The Bertz CT molecular complexity index is 363. The largest absolute Gasteiger partial charge is 0.353 e. The molecule has 0 radical (unpaired) electrons. The van der Waals surface area contributed by atoms with Gasteiger partial charge < -0.3 is 5.32 Å². The number of aromatic nitrogens is 3. The average Bonchev–Trinajstić information content (AvgIpc) is 2.23. The number of carbonyl (C=O) groups excluding carboxylic acids is 1. The lowest BCUT2D eigenvalue weighted by Gasteiger charge is -2.27. The first-order valence-electron chi connectivity index (χ1n) is 4.87. The van der Waals surface area contributed by atoms with Gasteiger partial charge in [-0.1, -0.05) is 0 Å². The van der Waals surface area contributed by atoms with E-state index in [1.54, 1.807) is 13.1 Å². The molecule has 0 aliphatic carbocycles. The van der Waals surface area contributed by atoms with Crippen molar-refractivity contribution in [1.29, 1.82) is 0 Å². The molecule has 1 aliphatic heterocycles. The number of aryl methyl sites for hydroxylation is 1. The highest BCUT2D eigenvalue weighted by molar-refractivity contribution is 5.82. The van der Waals surface area contributed by atoms with E-state index in [0.29, 0.717) is 12.4 Å². The molecule has 80 valence electrons. The summed E-state index contributed by atoms with van der Waals surface area (Å²) in [6.07, 6.45) is 1.68. The summed E-state index contributed by atoms with van der Waals surface area (Å²) in [5, 5.41) is 13.9. The Labute approximate surface area is 87.5 Å². The van der Waals surface area contributed by atoms with Crippen molar-refractivity contribution in [3.8, 4) is 0 Å². The minimum absolute atomic E-state index is 0.00157. The van der Waals surface area contributed by atoms with Gasteiger partial charge in [0.05, 0.1) is 18.3 Å². The summed E-state index contributed by atoms with van der Waals surface area (Å²) < 4.78 is 0. The smallest absolute Gasteiger partial charge is 0.236 e. The minimum Gasteiger partial charge on any atom is -0.353 e. The predicted octanol–water partition coefficient (Wildman–Crippen LogP) is -0.671. The lowest BCUT2D eigenvalue weighted by molar-refractivity contribution is -0.124. The fourth-order valence-electron chi connectivity index (χ4n) is 1.48. The minimum atomic E-state index is -0.202. The third-order valence-electron chi connectivity index (χ3n) is 2.38. The lowest BCUT2D eigenvalue weighted by Crippen LogP contribution is -2.53. The number of rotatable bonds is 1. The molecule has 2 heterocycles. The van der Waals surface area contributed by atoms with Crippen LogP contribution in [-0.4, -0.2) is 33.7 Å². The van der Waals surface area contributed by atoms with Crippen molar-refractivity contribution in [2.45, 2.75) is 25.9 Å². The molecule has 0 spiro atoms. The van der Waals surface area contributed by atoms with Crippen LogP contribution in [0.4, 0.5) is 0 Å². The zero-order valence-corrected chi connectivity index (χ0v) is 8.69. The Balaban J connectivity index is 2.12. The van der Waals surface area contributed by atoms with Gasteiger partial charge in [0.1, 0.15) is 11.5 Å². The SMILES string of the molecule is Cc1ncc(C2CNC(=O)[C@@H](C)N2)nn1. The number of amides is 1. The Hall–Kier alpha value is -1.56. The predicted molar refractivity (Wildman–Crippen MR) is 52.9 cm³/mol. The van der Waals surface area contributed by atoms with Gasteiger partial charge in [0.25, 0.3) is 0 Å². The third kappa shape index (κ3) is 2.10. The summed E-state index contributed by atoms with van der Waals surface area (Å²) >= 11 is 0. The van der Waals surface area contributed by atoms with Crippen molar-refractivity contribution in [3.05, 3.63) is 17.7 Å². The van der Waals surface area contributed by atoms with E-state index in [9.17, 15) is 4.79 Å². The fourth-order valence-corrected chi connectivity index (χ4v) is 1.48. The first-order chi connectivity index (χ1) is 7.16. The molecule has 2 rings (SSSR count). The molecule has 0 aromatic carbocycles. The van der Waals surface area contributed by atoms with E-state index in [2.05, 4.69) is 25.8 Å². The molecule has 1 aromatic heterocycles. The molecule has 1 saturated heterocycles. The maximum Gasteiger partial charge on any atom is 0.236 e. The number of nitrogens with one attached hydrogen (secondary N) is 2. The van der Waals surface area contributed by atoms with Crippen LogP contribution < -0.4 is 10.6 Å². The maximum atomic E-state index is 11.2. The van der Waals surface area contributed by atoms with Crippen molar-refractivity contribution < 1.29 is 4.79 Å². The number of hydrogen-bond donors (Lipinski definition) is 2. The molecule has 0 saturated carbocycles. The molecule has 15 heavy (non-hydrogen) atoms. The van der Waals surface area contributed by atoms with Crippen LogP contribution in [0.25, 0.3) is 0 Å². The highest BCUT2D eigenvalue weighted by Crippen LogP contribution is 2.11. The molecule has 1 aromatic rings. The van der Waals surface area contributed by atoms with Crippen LogP contribution in [0.1, 0.15) is 24.5 Å². The summed E-state index contributed by atoms with van der Waals surface area (Å²) in [4.78, 5) is 15.3. The van der Waals surface area contributed by atoms with Crippen LogP contribution in [0, 0.1) is 6.92 Å². The molecule has 1 amide bonds. The molecular formula is C9H13N5O. The van der Waals surface area contributed by atoms with Gasteiger partial charge in [-0.05, 0) is 13.8 Å². The molecule has 1 fully saturated rings. The topological polar surface area (TPSA) is 79.8 Å². The maximum absolute atomic E-state index is 11.2. The van der Waals surface area contributed by atoms with Crippen molar-refractivity contribution in [3.63, 3.8) is 0 Å². The van der Waals surface area contributed by atoms with E-state index in [1.165, 1.54) is 0 Å². The van der Waals surface area contributed by atoms with Crippen molar-refractivity contribution >= 4 is 5.91 Å². The van der Waals surface area contributed by atoms with Gasteiger partial charge >= 0.3 is 0 Å². The molecule has 1 aliphatic rings. The van der Waals surface area contributed by atoms with Crippen molar-refractivity contribution in [2.75, 3.05) is 6.54 Å². The van der Waals surface area contributed by atoms with Gasteiger partial charge in [0.15, 0.2) is 0 Å². The standard InChI is InChI=1S/C9H13N5O/c1-5-9(15)11-3-7(12-5)8-4-10-6(2)13-14-8/h4-5,7,12H,3H2,1-2H3,(H,11,15)/t5-,7?/m1/s1. The van der Waals surface area contributed by atoms with Crippen LogP contribution in [0.15, 0.2) is 6.20 Å². The average molecular weight is 207 g/mol. The second kappa shape index (κ2) is 3.90. The quantitative estimate of drug-likeness (QED) is 0.638. The first-order valence-corrected chi connectivity index (χ1v) is 4.87. The Morgan fingerprint density at radius 2 is 2.27 bits per heavy atom. The summed E-state index contributed by atoms with van der Waals surface area (Å²) in [6.45, 7) is 4.13. The van der Waals surface area contributed by atoms with Gasteiger partial charge in [-0.2, -0.15) is 5.10 Å². The molecule has 6 heteroatoms. The zero-order valence-electron chi connectivity index (χ0n) is 8.69. The van der Waals surface area contributed by atoms with Crippen LogP contribution in [0.5, 0.6) is 0 Å². The number of hydrogen-bond acceptors (Lipinski definition) is 5. The summed E-state index contributed by atoms with van der Waals surface area (Å²) in [5.41, 5.74) is 0.757. The van der Waals surface area contributed by atoms with E-state index in [0.717, 1.165) is 5.69 Å². The van der Waals surface area contributed by atoms with Crippen molar-refractivity contribution in [1.82, 2.24) is 25.8 Å². The second-order valence-corrected chi connectivity index (χ2v) is 3.62. The van der Waals surface area contributed by atoms with Gasteiger partial charge in [0.2, 0.25) is 5.91 Å². The molecule has 0 bridgehead atoms. The molecule has 6 nitrogen and oxygen atoms in total. The zero-order chi connectivity index (χ0) is 10.8. The van der Waals surface area contributed by atoms with E-state index in [-0.39, 0.29) is 18.0 Å². The fraction of sp³-hybridized carbons (Fsp3) is 0.556. The third-order valence-corrected chi connectivity index (χ3v) is 2.38. The summed E-state index contributed by atoms with van der Waals surface area (Å²) in [5.74, 6) is 0.658. The number of piperazine rings is 1. The van der Waals surface area contributed by atoms with E-state index in [4.69, 9.17) is 0 Å². The molecule has 2 atom stereocenters. The number of carbonyl (C=O) groups is 1. The molecular weight excluding hydrogens is 194 g/mol. The van der Waals surface area contributed by atoms with Crippen LogP contribution >= 0.6 is 0 Å². The van der Waals surface area contributed by atoms with Gasteiger partial charge in [0, 0.05) is 6.54 Å².